The molecule has 0 fully saturated rings. The summed E-state index contributed by atoms with van der Waals surface area (Å²) in [4.78, 5) is 12.6. The molecule has 1 heterocycles. The predicted octanol–water partition coefficient (Wildman–Crippen LogP) is 4.94. The van der Waals surface area contributed by atoms with Gasteiger partial charge in [0.05, 0.1) is 25.5 Å². The fraction of sp³-hybridized carbons (Fsp3) is 0.348. The molecule has 0 amide bonds. The maximum Gasteiger partial charge on any atom is 0.277 e. The van der Waals surface area contributed by atoms with E-state index in [-0.39, 0.29) is 23.6 Å². The van der Waals surface area contributed by atoms with Gasteiger partial charge in [0.15, 0.2) is 12.4 Å². The van der Waals surface area contributed by atoms with Gasteiger partial charge in [0.1, 0.15) is 17.2 Å². The second-order valence-electron chi connectivity index (χ2n) is 7.80. The van der Waals surface area contributed by atoms with E-state index in [9.17, 15) is 4.79 Å². The van der Waals surface area contributed by atoms with Crippen LogP contribution in [0.5, 0.6) is 17.2 Å². The number of thioether (sulfide) groups is 1. The fourth-order valence-electron chi connectivity index (χ4n) is 2.79. The van der Waals surface area contributed by atoms with Crippen LogP contribution in [0.4, 0.5) is 0 Å². The summed E-state index contributed by atoms with van der Waals surface area (Å²) in [6, 6.07) is 13.0. The van der Waals surface area contributed by atoms with Crippen LogP contribution in [0.1, 0.15) is 42.6 Å². The number of methoxy groups -OCH3 is 2. The summed E-state index contributed by atoms with van der Waals surface area (Å²) in [5.41, 5.74) is 1.76. The summed E-state index contributed by atoms with van der Waals surface area (Å²) in [7, 11) is 3.07. The van der Waals surface area contributed by atoms with Crippen LogP contribution in [-0.4, -0.2) is 36.0 Å². The molecule has 0 radical (unpaired) electrons. The Morgan fingerprint density at radius 3 is 2.35 bits per heavy atom. The lowest BCUT2D eigenvalue weighted by Gasteiger charge is -2.19. The lowest BCUT2D eigenvalue weighted by molar-refractivity contribution is 0.101. The lowest BCUT2D eigenvalue weighted by atomic mass is 9.87. The van der Waals surface area contributed by atoms with E-state index in [0.717, 1.165) is 17.5 Å². The first-order chi connectivity index (χ1) is 14.8. The molecule has 0 N–H and O–H groups in total. The number of aromatic nitrogens is 2. The van der Waals surface area contributed by atoms with Gasteiger partial charge in [-0.15, -0.1) is 10.2 Å². The fourth-order valence-corrected chi connectivity index (χ4v) is 3.45. The van der Waals surface area contributed by atoms with Crippen LogP contribution in [0.15, 0.2) is 52.1 Å². The van der Waals surface area contributed by atoms with E-state index < -0.39 is 0 Å². The molecule has 0 aliphatic carbocycles. The second kappa shape index (κ2) is 9.87. The van der Waals surface area contributed by atoms with Crippen molar-refractivity contribution in [3.8, 4) is 17.2 Å². The molecule has 0 spiro atoms. The molecular formula is C23H26N2O5S. The van der Waals surface area contributed by atoms with Crippen molar-refractivity contribution in [2.24, 2.45) is 0 Å². The van der Waals surface area contributed by atoms with E-state index in [1.54, 1.807) is 25.3 Å². The Bertz CT molecular complexity index is 1030. The monoisotopic (exact) mass is 442 g/mol. The van der Waals surface area contributed by atoms with Gasteiger partial charge >= 0.3 is 0 Å². The smallest absolute Gasteiger partial charge is 0.277 e. The minimum atomic E-state index is -0.129. The molecule has 0 aliphatic heterocycles. The van der Waals surface area contributed by atoms with Crippen LogP contribution in [0, 0.1) is 0 Å². The number of hydrogen-bond acceptors (Lipinski definition) is 8. The minimum Gasteiger partial charge on any atom is -0.497 e. The number of nitrogens with zero attached hydrogens (tertiary/aromatic N) is 2. The van der Waals surface area contributed by atoms with Crippen molar-refractivity contribution in [3.63, 3.8) is 0 Å². The lowest BCUT2D eigenvalue weighted by Crippen LogP contribution is -2.10. The summed E-state index contributed by atoms with van der Waals surface area (Å²) < 4.78 is 21.8. The standard InChI is InChI=1S/C23H26N2O5S/c1-23(2,3)15-6-8-16(9-7-15)29-13-21-24-25-22(30-21)31-14-19(26)18-12-17(27-4)10-11-20(18)28-5/h6-12H,13-14H2,1-5H3. The molecule has 3 rings (SSSR count). The van der Waals surface area contributed by atoms with E-state index in [4.69, 9.17) is 18.6 Å². The summed E-state index contributed by atoms with van der Waals surface area (Å²) in [6.45, 7) is 6.64. The zero-order valence-corrected chi connectivity index (χ0v) is 19.1. The zero-order valence-electron chi connectivity index (χ0n) is 18.3. The third kappa shape index (κ3) is 6.01. The molecule has 31 heavy (non-hydrogen) atoms. The number of Topliss-reactive ketones (excluding diaryl/α,β-unsaturated/α-hetero) is 1. The molecule has 7 nitrogen and oxygen atoms in total. The van der Waals surface area contributed by atoms with Gasteiger partial charge in [-0.3, -0.25) is 4.79 Å². The average Bonchev–Trinajstić information content (AvgIpc) is 3.23. The van der Waals surface area contributed by atoms with Gasteiger partial charge in [-0.05, 0) is 41.3 Å². The van der Waals surface area contributed by atoms with E-state index in [0.29, 0.717) is 28.2 Å². The number of benzene rings is 2. The van der Waals surface area contributed by atoms with E-state index in [1.807, 2.05) is 24.3 Å². The van der Waals surface area contributed by atoms with Crippen molar-refractivity contribution in [2.45, 2.75) is 38.0 Å². The molecule has 0 saturated carbocycles. The second-order valence-corrected chi connectivity index (χ2v) is 8.73. The highest BCUT2D eigenvalue weighted by Gasteiger charge is 2.17. The first kappa shape index (κ1) is 22.7. The summed E-state index contributed by atoms with van der Waals surface area (Å²) in [5.74, 6) is 2.14. The zero-order chi connectivity index (χ0) is 22.4. The summed E-state index contributed by atoms with van der Waals surface area (Å²) in [5, 5.41) is 8.26. The summed E-state index contributed by atoms with van der Waals surface area (Å²) in [6.07, 6.45) is 0. The third-order valence-electron chi connectivity index (χ3n) is 4.56. The Morgan fingerprint density at radius 2 is 1.71 bits per heavy atom. The van der Waals surface area contributed by atoms with Crippen LogP contribution in [0.2, 0.25) is 0 Å². The molecule has 164 valence electrons. The van der Waals surface area contributed by atoms with Crippen LogP contribution in [0.3, 0.4) is 0 Å². The van der Waals surface area contributed by atoms with Crippen molar-refractivity contribution in [1.29, 1.82) is 0 Å². The van der Waals surface area contributed by atoms with E-state index in [2.05, 4.69) is 31.0 Å². The van der Waals surface area contributed by atoms with Crippen molar-refractivity contribution >= 4 is 17.5 Å². The molecule has 3 aromatic rings. The SMILES string of the molecule is COc1ccc(OC)c(C(=O)CSc2nnc(COc3ccc(C(C)(C)C)cc3)o2)c1. The topological polar surface area (TPSA) is 83.7 Å². The highest BCUT2D eigenvalue weighted by molar-refractivity contribution is 7.99. The first-order valence-electron chi connectivity index (χ1n) is 9.74. The Hall–Kier alpha value is -3.00. The summed E-state index contributed by atoms with van der Waals surface area (Å²) >= 11 is 1.16. The van der Waals surface area contributed by atoms with E-state index in [1.165, 1.54) is 12.7 Å². The molecule has 0 atom stereocenters. The number of carbonyl (C=O) groups excluding carboxylic acids is 1. The molecule has 0 aliphatic rings. The molecule has 0 unspecified atom stereocenters. The maximum atomic E-state index is 12.6. The van der Waals surface area contributed by atoms with Gasteiger partial charge in [-0.25, -0.2) is 0 Å². The van der Waals surface area contributed by atoms with Gasteiger partial charge in [-0.2, -0.15) is 0 Å². The largest absolute Gasteiger partial charge is 0.497 e. The van der Waals surface area contributed by atoms with Gasteiger partial charge < -0.3 is 18.6 Å². The Labute approximate surface area is 186 Å². The third-order valence-corrected chi connectivity index (χ3v) is 5.38. The Balaban J connectivity index is 1.55. The predicted molar refractivity (Wildman–Crippen MR) is 118 cm³/mol. The first-order valence-corrected chi connectivity index (χ1v) is 10.7. The van der Waals surface area contributed by atoms with Crippen molar-refractivity contribution < 1.29 is 23.4 Å². The van der Waals surface area contributed by atoms with Gasteiger partial charge in [-0.1, -0.05) is 44.7 Å². The highest BCUT2D eigenvalue weighted by Crippen LogP contribution is 2.27. The maximum absolute atomic E-state index is 12.6. The van der Waals surface area contributed by atoms with Gasteiger partial charge in [0, 0.05) is 0 Å². The minimum absolute atomic E-state index is 0.0868. The van der Waals surface area contributed by atoms with Crippen LogP contribution in [-0.2, 0) is 12.0 Å². The van der Waals surface area contributed by atoms with Crippen molar-refractivity contribution in [3.05, 3.63) is 59.5 Å². The van der Waals surface area contributed by atoms with Crippen LogP contribution < -0.4 is 14.2 Å². The number of hydrogen-bond donors (Lipinski definition) is 0. The normalized spacial score (nSPS) is 11.3. The molecular weight excluding hydrogens is 416 g/mol. The number of carbonyl (C=O) groups is 1. The van der Waals surface area contributed by atoms with Gasteiger partial charge in [0.25, 0.3) is 11.1 Å². The number of ether oxygens (including phenoxy) is 3. The van der Waals surface area contributed by atoms with Crippen LogP contribution in [0.25, 0.3) is 0 Å². The molecule has 8 heteroatoms. The Kier molecular flexibility index (Phi) is 7.22. The van der Waals surface area contributed by atoms with Crippen molar-refractivity contribution in [1.82, 2.24) is 10.2 Å². The molecule has 0 saturated heterocycles. The molecule has 2 aromatic carbocycles. The molecule has 1 aromatic heterocycles. The quantitative estimate of drug-likeness (QED) is 0.340. The molecule has 0 bridgehead atoms. The number of rotatable bonds is 9. The van der Waals surface area contributed by atoms with E-state index >= 15 is 0 Å². The van der Waals surface area contributed by atoms with Crippen molar-refractivity contribution in [2.75, 3.05) is 20.0 Å². The van der Waals surface area contributed by atoms with Crippen LogP contribution >= 0.6 is 11.8 Å². The average molecular weight is 443 g/mol. The Morgan fingerprint density at radius 1 is 1.00 bits per heavy atom. The van der Waals surface area contributed by atoms with Gasteiger partial charge in [0.2, 0.25) is 0 Å². The highest BCUT2D eigenvalue weighted by atomic mass is 32.2. The number of ketones is 1.